The van der Waals surface area contributed by atoms with E-state index in [2.05, 4.69) is 21.2 Å². The summed E-state index contributed by atoms with van der Waals surface area (Å²) in [6.45, 7) is 2.04. The highest BCUT2D eigenvalue weighted by atomic mass is 79.9. The minimum absolute atomic E-state index is 0.0481. The second kappa shape index (κ2) is 6.58. The fourth-order valence-electron chi connectivity index (χ4n) is 2.12. The molecule has 0 aliphatic rings. The zero-order valence-corrected chi connectivity index (χ0v) is 12.6. The van der Waals surface area contributed by atoms with Crippen LogP contribution in [0.4, 0.5) is 17.6 Å². The summed E-state index contributed by atoms with van der Waals surface area (Å²) in [5.41, 5.74) is -0.485. The number of hydrogen-bond donors (Lipinski definition) is 1. The first-order valence-electron chi connectivity index (χ1n) is 6.27. The highest BCUT2D eigenvalue weighted by molar-refractivity contribution is 9.10. The molecule has 1 N–H and O–H groups in total. The van der Waals surface area contributed by atoms with Crippen molar-refractivity contribution in [3.63, 3.8) is 0 Å². The first-order chi connectivity index (χ1) is 9.95. The Morgan fingerprint density at radius 1 is 1.00 bits per heavy atom. The summed E-state index contributed by atoms with van der Waals surface area (Å²) in [6, 6.07) is 4.13. The SMILES string of the molecule is CCNC(c1cc(F)c(Br)cc1F)c1c(F)cccc1F. The maximum Gasteiger partial charge on any atom is 0.137 e. The molecule has 2 aromatic carbocycles. The van der Waals surface area contributed by atoms with E-state index in [1.165, 1.54) is 6.07 Å². The van der Waals surface area contributed by atoms with Crippen molar-refractivity contribution < 1.29 is 17.6 Å². The molecule has 1 nitrogen and oxygen atoms in total. The van der Waals surface area contributed by atoms with Crippen LogP contribution in [0.1, 0.15) is 24.1 Å². The molecule has 6 heteroatoms. The van der Waals surface area contributed by atoms with Crippen LogP contribution in [0.5, 0.6) is 0 Å². The van der Waals surface area contributed by atoms with Crippen LogP contribution >= 0.6 is 15.9 Å². The van der Waals surface area contributed by atoms with Gasteiger partial charge in [-0.1, -0.05) is 13.0 Å². The van der Waals surface area contributed by atoms with Gasteiger partial charge in [0.2, 0.25) is 0 Å². The molecule has 0 aliphatic heterocycles. The molecule has 0 saturated carbocycles. The monoisotopic (exact) mass is 361 g/mol. The van der Waals surface area contributed by atoms with Gasteiger partial charge >= 0.3 is 0 Å². The Morgan fingerprint density at radius 3 is 2.19 bits per heavy atom. The molecule has 0 aliphatic carbocycles. The molecule has 0 amide bonds. The van der Waals surface area contributed by atoms with Gasteiger partial charge in [0, 0.05) is 11.1 Å². The van der Waals surface area contributed by atoms with Gasteiger partial charge in [-0.25, -0.2) is 17.6 Å². The van der Waals surface area contributed by atoms with Crippen LogP contribution in [-0.4, -0.2) is 6.54 Å². The molecule has 0 radical (unpaired) electrons. The van der Waals surface area contributed by atoms with Gasteiger partial charge in [-0.2, -0.15) is 0 Å². The summed E-state index contributed by atoms with van der Waals surface area (Å²) in [5, 5.41) is 2.78. The zero-order valence-electron chi connectivity index (χ0n) is 11.1. The van der Waals surface area contributed by atoms with E-state index >= 15 is 0 Å². The van der Waals surface area contributed by atoms with Crippen molar-refractivity contribution >= 4 is 15.9 Å². The first-order valence-corrected chi connectivity index (χ1v) is 7.06. The number of benzene rings is 2. The molecule has 0 heterocycles. The normalized spacial score (nSPS) is 12.5. The molecule has 112 valence electrons. The molecular formula is C15H12BrF4N. The molecule has 0 bridgehead atoms. The third-order valence-corrected chi connectivity index (χ3v) is 3.65. The molecule has 0 fully saturated rings. The van der Waals surface area contributed by atoms with E-state index in [1.54, 1.807) is 6.92 Å². The maximum absolute atomic E-state index is 14.1. The molecule has 0 spiro atoms. The number of hydrogen-bond acceptors (Lipinski definition) is 1. The Hall–Kier alpha value is -1.40. The molecule has 0 aromatic heterocycles. The Morgan fingerprint density at radius 2 is 1.62 bits per heavy atom. The van der Waals surface area contributed by atoms with Crippen LogP contribution in [0.2, 0.25) is 0 Å². The van der Waals surface area contributed by atoms with Crippen LogP contribution in [0, 0.1) is 23.3 Å². The lowest BCUT2D eigenvalue weighted by atomic mass is 9.97. The van der Waals surface area contributed by atoms with Crippen molar-refractivity contribution in [1.29, 1.82) is 0 Å². The van der Waals surface area contributed by atoms with E-state index in [9.17, 15) is 17.6 Å². The van der Waals surface area contributed by atoms with Crippen molar-refractivity contribution in [2.75, 3.05) is 6.54 Å². The van der Waals surface area contributed by atoms with E-state index in [1.807, 2.05) is 0 Å². The lowest BCUT2D eigenvalue weighted by Crippen LogP contribution is -2.25. The zero-order chi connectivity index (χ0) is 15.6. The summed E-state index contributed by atoms with van der Waals surface area (Å²) in [7, 11) is 0. The smallest absolute Gasteiger partial charge is 0.137 e. The molecule has 2 rings (SSSR count). The summed E-state index contributed by atoms with van der Waals surface area (Å²) >= 11 is 2.87. The van der Waals surface area contributed by atoms with Crippen LogP contribution in [0.15, 0.2) is 34.8 Å². The lowest BCUT2D eigenvalue weighted by molar-refractivity contribution is 0.490. The second-order valence-electron chi connectivity index (χ2n) is 4.41. The van der Waals surface area contributed by atoms with E-state index < -0.39 is 29.3 Å². The lowest BCUT2D eigenvalue weighted by Gasteiger charge is -2.21. The average molecular weight is 362 g/mol. The summed E-state index contributed by atoms with van der Waals surface area (Å²) in [4.78, 5) is 0. The summed E-state index contributed by atoms with van der Waals surface area (Å²) in [6.07, 6.45) is 0. The maximum atomic E-state index is 14.1. The number of halogens is 5. The van der Waals surface area contributed by atoms with Crippen molar-refractivity contribution in [3.8, 4) is 0 Å². The van der Waals surface area contributed by atoms with Gasteiger partial charge in [0.05, 0.1) is 10.5 Å². The van der Waals surface area contributed by atoms with Crippen molar-refractivity contribution in [2.24, 2.45) is 0 Å². The third kappa shape index (κ3) is 3.27. The standard InChI is InChI=1S/C15H12BrF4N/c1-2-21-15(14-10(17)4-3-5-11(14)18)8-6-13(20)9(16)7-12(8)19/h3-7,15,21H,2H2,1H3. The Kier molecular flexibility index (Phi) is 5.00. The molecular weight excluding hydrogens is 350 g/mol. The van der Waals surface area contributed by atoms with E-state index in [0.29, 0.717) is 6.54 Å². The fourth-order valence-corrected chi connectivity index (χ4v) is 2.43. The molecule has 0 saturated heterocycles. The molecule has 1 atom stereocenters. The van der Waals surface area contributed by atoms with Gasteiger partial charge in [0.15, 0.2) is 0 Å². The van der Waals surface area contributed by atoms with Crippen molar-refractivity contribution in [3.05, 3.63) is 69.2 Å². The predicted octanol–water partition coefficient (Wildman–Crippen LogP) is 4.70. The fraction of sp³-hybridized carbons (Fsp3) is 0.200. The second-order valence-corrected chi connectivity index (χ2v) is 5.27. The predicted molar refractivity (Wildman–Crippen MR) is 75.9 cm³/mol. The van der Waals surface area contributed by atoms with Crippen LogP contribution in [0.25, 0.3) is 0 Å². The minimum Gasteiger partial charge on any atom is -0.306 e. The van der Waals surface area contributed by atoms with Crippen molar-refractivity contribution in [2.45, 2.75) is 13.0 Å². The number of rotatable bonds is 4. The van der Waals surface area contributed by atoms with E-state index in [4.69, 9.17) is 0 Å². The van der Waals surface area contributed by atoms with Gasteiger partial charge in [0.25, 0.3) is 0 Å². The quantitative estimate of drug-likeness (QED) is 0.614. The van der Waals surface area contributed by atoms with Crippen LogP contribution < -0.4 is 5.32 Å². The minimum atomic E-state index is -1.11. The Bertz CT molecular complexity index is 640. The van der Waals surface area contributed by atoms with E-state index in [-0.39, 0.29) is 15.6 Å². The highest BCUT2D eigenvalue weighted by Crippen LogP contribution is 2.31. The van der Waals surface area contributed by atoms with Crippen LogP contribution in [0.3, 0.4) is 0 Å². The Balaban J connectivity index is 2.62. The summed E-state index contributed by atoms with van der Waals surface area (Å²) in [5.74, 6) is -3.09. The van der Waals surface area contributed by atoms with Gasteiger partial charge < -0.3 is 5.32 Å². The Labute approximate surface area is 128 Å². The molecule has 1 unspecified atom stereocenters. The van der Waals surface area contributed by atoms with E-state index in [0.717, 1.165) is 24.3 Å². The summed E-state index contributed by atoms with van der Waals surface area (Å²) < 4.78 is 55.5. The van der Waals surface area contributed by atoms with Gasteiger partial charge in [-0.15, -0.1) is 0 Å². The largest absolute Gasteiger partial charge is 0.306 e. The van der Waals surface area contributed by atoms with Gasteiger partial charge in [-0.3, -0.25) is 0 Å². The molecule has 21 heavy (non-hydrogen) atoms. The first kappa shape index (κ1) is 16.0. The topological polar surface area (TPSA) is 12.0 Å². The van der Waals surface area contributed by atoms with Crippen molar-refractivity contribution in [1.82, 2.24) is 5.32 Å². The van der Waals surface area contributed by atoms with Crippen LogP contribution in [-0.2, 0) is 0 Å². The van der Waals surface area contributed by atoms with Gasteiger partial charge in [0.1, 0.15) is 23.3 Å². The van der Waals surface area contributed by atoms with Gasteiger partial charge in [-0.05, 0) is 46.7 Å². The highest BCUT2D eigenvalue weighted by Gasteiger charge is 2.25. The third-order valence-electron chi connectivity index (χ3n) is 3.05. The molecule has 2 aromatic rings. The number of nitrogens with one attached hydrogen (secondary N) is 1. The average Bonchev–Trinajstić information content (AvgIpc) is 2.42.